The zero-order valence-electron chi connectivity index (χ0n) is 14.9. The van der Waals surface area contributed by atoms with Crippen molar-refractivity contribution in [3.8, 4) is 5.75 Å². The van der Waals surface area contributed by atoms with Gasteiger partial charge in [0, 0.05) is 44.4 Å². The standard InChI is InChI=1S/C19H22N4O2/c1-22(2)19-15(8-6-10-20-19)23(3)17(24)11-13-12-21-14-7-5-9-16(25-4)18(13)14/h5-10,12,21H,11H2,1-4H3. The van der Waals surface area contributed by atoms with Crippen LogP contribution in [-0.4, -0.2) is 44.1 Å². The molecule has 0 aliphatic carbocycles. The lowest BCUT2D eigenvalue weighted by molar-refractivity contribution is -0.117. The summed E-state index contributed by atoms with van der Waals surface area (Å²) in [6.45, 7) is 0. The molecule has 0 bridgehead atoms. The summed E-state index contributed by atoms with van der Waals surface area (Å²) in [6, 6.07) is 9.53. The van der Waals surface area contributed by atoms with Crippen molar-refractivity contribution < 1.29 is 9.53 Å². The van der Waals surface area contributed by atoms with Gasteiger partial charge in [0.25, 0.3) is 0 Å². The third-order valence-corrected chi connectivity index (χ3v) is 4.24. The zero-order chi connectivity index (χ0) is 18.0. The van der Waals surface area contributed by atoms with Crippen LogP contribution in [0.15, 0.2) is 42.7 Å². The van der Waals surface area contributed by atoms with Crippen molar-refractivity contribution in [3.05, 3.63) is 48.3 Å². The maximum absolute atomic E-state index is 12.9. The van der Waals surface area contributed by atoms with E-state index in [-0.39, 0.29) is 12.3 Å². The van der Waals surface area contributed by atoms with Gasteiger partial charge in [0.1, 0.15) is 5.75 Å². The number of aromatic amines is 1. The molecule has 0 atom stereocenters. The van der Waals surface area contributed by atoms with E-state index < -0.39 is 0 Å². The third kappa shape index (κ3) is 3.15. The van der Waals surface area contributed by atoms with E-state index in [0.29, 0.717) is 0 Å². The summed E-state index contributed by atoms with van der Waals surface area (Å²) in [4.78, 5) is 24.0. The van der Waals surface area contributed by atoms with Crippen LogP contribution in [0.2, 0.25) is 0 Å². The topological polar surface area (TPSA) is 61.5 Å². The molecule has 0 saturated heterocycles. The van der Waals surface area contributed by atoms with Gasteiger partial charge in [0.2, 0.25) is 5.91 Å². The van der Waals surface area contributed by atoms with Crippen LogP contribution >= 0.6 is 0 Å². The lowest BCUT2D eigenvalue weighted by atomic mass is 10.1. The maximum atomic E-state index is 12.9. The molecule has 0 aliphatic rings. The molecule has 1 amide bonds. The van der Waals surface area contributed by atoms with Crippen LogP contribution < -0.4 is 14.5 Å². The molecule has 2 aromatic heterocycles. The first-order chi connectivity index (χ1) is 12.0. The van der Waals surface area contributed by atoms with Crippen LogP contribution in [-0.2, 0) is 11.2 Å². The molecule has 0 aliphatic heterocycles. The highest BCUT2D eigenvalue weighted by atomic mass is 16.5. The van der Waals surface area contributed by atoms with Gasteiger partial charge in [-0.05, 0) is 29.8 Å². The number of rotatable bonds is 5. The smallest absolute Gasteiger partial charge is 0.231 e. The Balaban J connectivity index is 1.91. The van der Waals surface area contributed by atoms with Gasteiger partial charge in [0.05, 0.1) is 19.2 Å². The fourth-order valence-corrected chi connectivity index (χ4v) is 2.94. The molecule has 3 rings (SSSR count). The number of carbonyl (C=O) groups excluding carboxylic acids is 1. The fourth-order valence-electron chi connectivity index (χ4n) is 2.94. The number of aromatic nitrogens is 2. The normalized spacial score (nSPS) is 10.7. The van der Waals surface area contributed by atoms with Crippen molar-refractivity contribution in [2.24, 2.45) is 0 Å². The number of fused-ring (bicyclic) bond motifs is 1. The first kappa shape index (κ1) is 16.8. The van der Waals surface area contributed by atoms with Gasteiger partial charge in [-0.2, -0.15) is 0 Å². The molecule has 0 fully saturated rings. The van der Waals surface area contributed by atoms with E-state index in [4.69, 9.17) is 4.74 Å². The second kappa shape index (κ2) is 6.84. The molecule has 25 heavy (non-hydrogen) atoms. The molecule has 3 aromatic rings. The number of pyridine rings is 1. The molecule has 0 spiro atoms. The molecule has 6 heteroatoms. The Hall–Kier alpha value is -3.02. The summed E-state index contributed by atoms with van der Waals surface area (Å²) in [6.07, 6.45) is 3.87. The monoisotopic (exact) mass is 338 g/mol. The summed E-state index contributed by atoms with van der Waals surface area (Å²) < 4.78 is 5.44. The summed E-state index contributed by atoms with van der Waals surface area (Å²) in [5, 5.41) is 0.950. The van der Waals surface area contributed by atoms with Crippen molar-refractivity contribution in [2.45, 2.75) is 6.42 Å². The number of methoxy groups -OCH3 is 1. The van der Waals surface area contributed by atoms with Crippen LogP contribution in [0.5, 0.6) is 5.75 Å². The van der Waals surface area contributed by atoms with Gasteiger partial charge in [-0.3, -0.25) is 4.79 Å². The van der Waals surface area contributed by atoms with Gasteiger partial charge in [-0.25, -0.2) is 4.98 Å². The number of likely N-dealkylation sites (N-methyl/N-ethyl adjacent to an activating group) is 1. The first-order valence-electron chi connectivity index (χ1n) is 8.04. The molecule has 2 heterocycles. The van der Waals surface area contributed by atoms with E-state index in [1.807, 2.05) is 55.5 Å². The van der Waals surface area contributed by atoms with Crippen molar-refractivity contribution in [1.82, 2.24) is 9.97 Å². The highest BCUT2D eigenvalue weighted by Gasteiger charge is 2.19. The Kier molecular flexibility index (Phi) is 4.61. The largest absolute Gasteiger partial charge is 0.496 e. The Bertz CT molecular complexity index is 901. The Morgan fingerprint density at radius 2 is 2.00 bits per heavy atom. The minimum atomic E-state index is -0.0112. The minimum absolute atomic E-state index is 0.0112. The van der Waals surface area contributed by atoms with Crippen molar-refractivity contribution >= 4 is 28.3 Å². The minimum Gasteiger partial charge on any atom is -0.496 e. The number of nitrogens with zero attached hydrogens (tertiary/aromatic N) is 3. The number of H-pyrrole nitrogens is 1. The van der Waals surface area contributed by atoms with Crippen molar-refractivity contribution in [1.29, 1.82) is 0 Å². The summed E-state index contributed by atoms with van der Waals surface area (Å²) in [5.41, 5.74) is 2.66. The quantitative estimate of drug-likeness (QED) is 0.777. The SMILES string of the molecule is COc1cccc2[nH]cc(CC(=O)N(C)c3cccnc3N(C)C)c12. The van der Waals surface area contributed by atoms with E-state index >= 15 is 0 Å². The Labute approximate surface area is 147 Å². The van der Waals surface area contributed by atoms with Crippen molar-refractivity contribution in [3.63, 3.8) is 0 Å². The molecule has 130 valence electrons. The molecular formula is C19H22N4O2. The predicted molar refractivity (Wildman–Crippen MR) is 101 cm³/mol. The predicted octanol–water partition coefficient (Wildman–Crippen LogP) is 2.84. The number of nitrogens with one attached hydrogen (secondary N) is 1. The summed E-state index contributed by atoms with van der Waals surface area (Å²) >= 11 is 0. The van der Waals surface area contributed by atoms with Gasteiger partial charge in [-0.1, -0.05) is 6.07 Å². The lowest BCUT2D eigenvalue weighted by Gasteiger charge is -2.23. The number of amides is 1. The second-order valence-corrected chi connectivity index (χ2v) is 6.07. The van der Waals surface area contributed by atoms with E-state index in [9.17, 15) is 4.79 Å². The molecule has 0 saturated carbocycles. The Morgan fingerprint density at radius 1 is 1.20 bits per heavy atom. The van der Waals surface area contributed by atoms with E-state index in [2.05, 4.69) is 9.97 Å². The number of carbonyl (C=O) groups is 1. The van der Waals surface area contributed by atoms with Crippen LogP contribution in [0.4, 0.5) is 11.5 Å². The molecule has 6 nitrogen and oxygen atoms in total. The molecule has 0 radical (unpaired) electrons. The molecular weight excluding hydrogens is 316 g/mol. The number of hydrogen-bond acceptors (Lipinski definition) is 4. The van der Waals surface area contributed by atoms with Crippen LogP contribution in [0.1, 0.15) is 5.56 Å². The van der Waals surface area contributed by atoms with Crippen molar-refractivity contribution in [2.75, 3.05) is 38.1 Å². The lowest BCUT2D eigenvalue weighted by Crippen LogP contribution is -2.29. The number of anilines is 2. The van der Waals surface area contributed by atoms with E-state index in [0.717, 1.165) is 33.7 Å². The number of ether oxygens (including phenoxy) is 1. The van der Waals surface area contributed by atoms with E-state index in [1.54, 1.807) is 25.3 Å². The van der Waals surface area contributed by atoms with Crippen LogP contribution in [0, 0.1) is 0 Å². The van der Waals surface area contributed by atoms with Gasteiger partial charge in [0.15, 0.2) is 5.82 Å². The highest BCUT2D eigenvalue weighted by Crippen LogP contribution is 2.30. The first-order valence-corrected chi connectivity index (χ1v) is 8.04. The average molecular weight is 338 g/mol. The van der Waals surface area contributed by atoms with Gasteiger partial charge >= 0.3 is 0 Å². The third-order valence-electron chi connectivity index (χ3n) is 4.24. The molecule has 1 N–H and O–H groups in total. The van der Waals surface area contributed by atoms with Crippen LogP contribution in [0.25, 0.3) is 10.9 Å². The summed E-state index contributed by atoms with van der Waals surface area (Å²) in [7, 11) is 7.24. The van der Waals surface area contributed by atoms with Crippen LogP contribution in [0.3, 0.4) is 0 Å². The Morgan fingerprint density at radius 3 is 2.72 bits per heavy atom. The van der Waals surface area contributed by atoms with Gasteiger partial charge < -0.3 is 19.5 Å². The number of benzene rings is 1. The second-order valence-electron chi connectivity index (χ2n) is 6.07. The average Bonchev–Trinajstić information content (AvgIpc) is 3.04. The zero-order valence-corrected chi connectivity index (χ0v) is 14.9. The fraction of sp³-hybridized carbons (Fsp3) is 0.263. The summed E-state index contributed by atoms with van der Waals surface area (Å²) in [5.74, 6) is 1.51. The molecule has 1 aromatic carbocycles. The highest BCUT2D eigenvalue weighted by molar-refractivity contribution is 6.00. The maximum Gasteiger partial charge on any atom is 0.231 e. The van der Waals surface area contributed by atoms with E-state index in [1.165, 1.54) is 0 Å². The molecule has 0 unspecified atom stereocenters. The van der Waals surface area contributed by atoms with Gasteiger partial charge in [-0.15, -0.1) is 0 Å². The number of hydrogen-bond donors (Lipinski definition) is 1.